The molecule has 0 N–H and O–H groups in total. The van der Waals surface area contributed by atoms with E-state index in [9.17, 15) is 19.0 Å². The molecule has 0 aliphatic heterocycles. The molecule has 76 heavy (non-hydrogen) atoms. The van der Waals surface area contributed by atoms with Crippen molar-refractivity contribution in [3.8, 4) is 0 Å². The molecule has 9 nitrogen and oxygen atoms in total. The number of quaternary nitrogens is 1. The summed E-state index contributed by atoms with van der Waals surface area (Å²) >= 11 is 0. The van der Waals surface area contributed by atoms with Crippen LogP contribution in [-0.4, -0.2) is 70.0 Å². The average Bonchev–Trinajstić information content (AvgIpc) is 3.38. The monoisotopic (exact) mass is 1100 g/mol. The predicted molar refractivity (Wildman–Crippen MR) is 324 cm³/mol. The van der Waals surface area contributed by atoms with Gasteiger partial charge in [0.05, 0.1) is 27.7 Å². The number of hydrogen-bond acceptors (Lipinski definition) is 8. The molecule has 0 amide bonds. The third kappa shape index (κ3) is 62.2. The van der Waals surface area contributed by atoms with Crippen molar-refractivity contribution in [3.63, 3.8) is 0 Å². The molecule has 454 valence electrons. The van der Waals surface area contributed by atoms with Crippen molar-refractivity contribution in [2.75, 3.05) is 47.5 Å². The summed E-state index contributed by atoms with van der Waals surface area (Å²) in [5, 5.41) is 0. The van der Waals surface area contributed by atoms with Crippen LogP contribution in [-0.2, 0) is 32.7 Å². The second-order valence-corrected chi connectivity index (χ2v) is 26.0. The summed E-state index contributed by atoms with van der Waals surface area (Å²) in [5.41, 5.74) is 0. The fourth-order valence-electron chi connectivity index (χ4n) is 10.4. The molecular formula is C66H132NO8P. The van der Waals surface area contributed by atoms with Crippen LogP contribution in [0.4, 0.5) is 0 Å². The van der Waals surface area contributed by atoms with Crippen LogP contribution < -0.4 is 4.89 Å². The molecule has 10 heteroatoms. The second kappa shape index (κ2) is 58.7. The van der Waals surface area contributed by atoms with Crippen LogP contribution in [0.25, 0.3) is 0 Å². The van der Waals surface area contributed by atoms with Crippen molar-refractivity contribution >= 4 is 19.8 Å². The van der Waals surface area contributed by atoms with Crippen LogP contribution in [0.2, 0.25) is 0 Å². The zero-order chi connectivity index (χ0) is 55.6. The number of carbonyl (C=O) groups excluding carboxylic acids is 2. The van der Waals surface area contributed by atoms with E-state index in [-0.39, 0.29) is 32.0 Å². The van der Waals surface area contributed by atoms with E-state index in [0.29, 0.717) is 17.4 Å². The highest BCUT2D eigenvalue weighted by atomic mass is 31.2. The molecule has 2 atom stereocenters. The summed E-state index contributed by atoms with van der Waals surface area (Å²) < 4.78 is 34.3. The topological polar surface area (TPSA) is 111 Å². The molecule has 0 fully saturated rings. The van der Waals surface area contributed by atoms with Gasteiger partial charge in [-0.05, 0) is 12.8 Å². The lowest BCUT2D eigenvalue weighted by Gasteiger charge is -2.28. The van der Waals surface area contributed by atoms with Gasteiger partial charge in [0.2, 0.25) is 0 Å². The van der Waals surface area contributed by atoms with Crippen molar-refractivity contribution < 1.29 is 42.1 Å². The van der Waals surface area contributed by atoms with E-state index < -0.39 is 26.5 Å². The SMILES string of the molecule is CCCCCCCCCCCCCCCCCCCCCCCCCCCCCCCCCC(=O)OC(COC(=O)CCCCCCCCCCCCCCCCCCCCCCC)COP(=O)([O-])OCC[N+](C)(C)C. The molecule has 0 radical (unpaired) electrons. The molecule has 0 heterocycles. The number of phosphoric ester groups is 1. The minimum atomic E-state index is -4.63. The Balaban J connectivity index is 3.97. The standard InChI is InChI=1S/C66H132NO8P/c1-6-8-10-12-14-16-18-20-22-24-26-28-29-30-31-32-33-34-35-36-37-39-41-43-45-47-49-51-53-55-57-59-66(69)75-64(63-74-76(70,71)73-61-60-67(3,4)5)62-72-65(68)58-56-54-52-50-48-46-44-42-40-38-27-25-23-21-19-17-15-13-11-9-7-2/h64H,6-63H2,1-5H3. The third-order valence-corrected chi connectivity index (χ3v) is 16.6. The zero-order valence-corrected chi connectivity index (χ0v) is 52.6. The highest BCUT2D eigenvalue weighted by molar-refractivity contribution is 7.45. The van der Waals surface area contributed by atoms with E-state index in [1.165, 1.54) is 295 Å². The highest BCUT2D eigenvalue weighted by Gasteiger charge is 2.22. The molecule has 0 rings (SSSR count). The lowest BCUT2D eigenvalue weighted by atomic mass is 10.0. The van der Waals surface area contributed by atoms with E-state index in [2.05, 4.69) is 13.8 Å². The van der Waals surface area contributed by atoms with Gasteiger partial charge in [-0.15, -0.1) is 0 Å². The van der Waals surface area contributed by atoms with E-state index in [1.807, 2.05) is 21.1 Å². The van der Waals surface area contributed by atoms with Crippen molar-refractivity contribution in [2.45, 2.75) is 367 Å². The quantitative estimate of drug-likeness (QED) is 0.0256. The largest absolute Gasteiger partial charge is 0.756 e. The summed E-state index contributed by atoms with van der Waals surface area (Å²) in [7, 11) is 1.19. The first-order valence-electron chi connectivity index (χ1n) is 33.7. The van der Waals surface area contributed by atoms with Gasteiger partial charge in [-0.1, -0.05) is 335 Å². The van der Waals surface area contributed by atoms with Crippen molar-refractivity contribution in [1.29, 1.82) is 0 Å². The number of phosphoric acid groups is 1. The Morgan fingerprint density at radius 2 is 0.592 bits per heavy atom. The van der Waals surface area contributed by atoms with Crippen LogP contribution in [0.15, 0.2) is 0 Å². The number of carbonyl (C=O) groups is 2. The fraction of sp³-hybridized carbons (Fsp3) is 0.970. The summed E-state index contributed by atoms with van der Waals surface area (Å²) in [6.07, 6.45) is 69.0. The minimum Gasteiger partial charge on any atom is -0.756 e. The number of nitrogens with zero attached hydrogens (tertiary/aromatic N) is 1. The van der Waals surface area contributed by atoms with E-state index >= 15 is 0 Å². The van der Waals surface area contributed by atoms with Gasteiger partial charge in [0.25, 0.3) is 7.82 Å². The average molecular weight is 1100 g/mol. The molecule has 0 aromatic rings. The van der Waals surface area contributed by atoms with Crippen molar-refractivity contribution in [1.82, 2.24) is 0 Å². The van der Waals surface area contributed by atoms with E-state index in [0.717, 1.165) is 32.1 Å². The van der Waals surface area contributed by atoms with Gasteiger partial charge in [0.15, 0.2) is 6.10 Å². The molecule has 0 aliphatic rings. The number of unbranched alkanes of at least 4 members (excludes halogenated alkanes) is 50. The second-order valence-electron chi connectivity index (χ2n) is 24.6. The van der Waals surface area contributed by atoms with Gasteiger partial charge in [-0.3, -0.25) is 14.2 Å². The van der Waals surface area contributed by atoms with Gasteiger partial charge in [-0.2, -0.15) is 0 Å². The molecule has 0 saturated carbocycles. The van der Waals surface area contributed by atoms with Gasteiger partial charge in [0, 0.05) is 12.8 Å². The summed E-state index contributed by atoms with van der Waals surface area (Å²) in [4.78, 5) is 38.0. The van der Waals surface area contributed by atoms with Crippen LogP contribution in [0, 0.1) is 0 Å². The smallest absolute Gasteiger partial charge is 0.306 e. The number of ether oxygens (including phenoxy) is 2. The molecule has 2 unspecified atom stereocenters. The predicted octanol–water partition coefficient (Wildman–Crippen LogP) is 20.8. The van der Waals surface area contributed by atoms with Crippen LogP contribution in [0.5, 0.6) is 0 Å². The minimum absolute atomic E-state index is 0.0249. The molecular weight excluding hydrogens is 966 g/mol. The lowest BCUT2D eigenvalue weighted by molar-refractivity contribution is -0.870. The van der Waals surface area contributed by atoms with Crippen molar-refractivity contribution in [3.05, 3.63) is 0 Å². The molecule has 0 bridgehead atoms. The molecule has 0 saturated heterocycles. The fourth-order valence-corrected chi connectivity index (χ4v) is 11.2. The lowest BCUT2D eigenvalue weighted by Crippen LogP contribution is -2.37. The van der Waals surface area contributed by atoms with Crippen LogP contribution in [0.1, 0.15) is 361 Å². The van der Waals surface area contributed by atoms with Crippen LogP contribution >= 0.6 is 7.82 Å². The Hall–Kier alpha value is -0.990. The number of esters is 2. The Labute approximate surface area is 474 Å². The number of hydrogen-bond donors (Lipinski definition) is 0. The maximum absolute atomic E-state index is 12.8. The summed E-state index contributed by atoms with van der Waals surface area (Å²) in [6, 6.07) is 0. The molecule has 0 aromatic carbocycles. The molecule has 0 aromatic heterocycles. The van der Waals surface area contributed by atoms with Crippen LogP contribution in [0.3, 0.4) is 0 Å². The van der Waals surface area contributed by atoms with Gasteiger partial charge in [0.1, 0.15) is 19.8 Å². The zero-order valence-electron chi connectivity index (χ0n) is 51.7. The number of likely N-dealkylation sites (N-methyl/N-ethyl adjacent to an activating group) is 1. The first-order chi connectivity index (χ1) is 37.0. The molecule has 0 spiro atoms. The van der Waals surface area contributed by atoms with E-state index in [1.54, 1.807) is 0 Å². The Morgan fingerprint density at radius 1 is 0.355 bits per heavy atom. The number of rotatable bonds is 64. The maximum Gasteiger partial charge on any atom is 0.306 e. The first kappa shape index (κ1) is 75.0. The Kier molecular flexibility index (Phi) is 57.9. The molecule has 0 aliphatic carbocycles. The van der Waals surface area contributed by atoms with Gasteiger partial charge < -0.3 is 27.9 Å². The Bertz CT molecular complexity index is 1240. The summed E-state index contributed by atoms with van der Waals surface area (Å²) in [6.45, 7) is 4.33. The first-order valence-corrected chi connectivity index (χ1v) is 35.2. The van der Waals surface area contributed by atoms with Gasteiger partial charge in [-0.25, -0.2) is 0 Å². The van der Waals surface area contributed by atoms with Gasteiger partial charge >= 0.3 is 11.9 Å². The normalized spacial score (nSPS) is 13.1. The van der Waals surface area contributed by atoms with E-state index in [4.69, 9.17) is 18.5 Å². The maximum atomic E-state index is 12.8. The Morgan fingerprint density at radius 3 is 0.842 bits per heavy atom. The van der Waals surface area contributed by atoms with Crippen molar-refractivity contribution in [2.24, 2.45) is 0 Å². The third-order valence-electron chi connectivity index (χ3n) is 15.6. The highest BCUT2D eigenvalue weighted by Crippen LogP contribution is 2.38. The summed E-state index contributed by atoms with van der Waals surface area (Å²) in [5.74, 6) is -0.805.